The van der Waals surface area contributed by atoms with Crippen LogP contribution in [0.2, 0.25) is 10.0 Å². The van der Waals surface area contributed by atoms with Gasteiger partial charge in [0, 0.05) is 17.6 Å². The van der Waals surface area contributed by atoms with E-state index >= 15 is 0 Å². The van der Waals surface area contributed by atoms with E-state index in [0.717, 1.165) is 23.6 Å². The SMILES string of the molecule is Cc1cn(-c2ccc(Cl)cc2Cl)c(Cc2ccccc2)n1. The van der Waals surface area contributed by atoms with E-state index in [4.69, 9.17) is 23.2 Å². The van der Waals surface area contributed by atoms with Crippen LogP contribution in [-0.2, 0) is 6.42 Å². The second-order valence-corrected chi connectivity index (χ2v) is 5.77. The van der Waals surface area contributed by atoms with Gasteiger partial charge in [-0.3, -0.25) is 0 Å². The van der Waals surface area contributed by atoms with E-state index in [-0.39, 0.29) is 0 Å². The molecule has 2 aromatic carbocycles. The van der Waals surface area contributed by atoms with E-state index in [1.807, 2.05) is 48.0 Å². The highest BCUT2D eigenvalue weighted by Crippen LogP contribution is 2.26. The van der Waals surface area contributed by atoms with Gasteiger partial charge in [0.1, 0.15) is 5.82 Å². The first-order valence-corrected chi connectivity index (χ1v) is 7.43. The number of hydrogen-bond donors (Lipinski definition) is 0. The highest BCUT2D eigenvalue weighted by atomic mass is 35.5. The van der Waals surface area contributed by atoms with E-state index < -0.39 is 0 Å². The Morgan fingerprint density at radius 3 is 2.52 bits per heavy atom. The van der Waals surface area contributed by atoms with Crippen LogP contribution in [0.1, 0.15) is 17.1 Å². The highest BCUT2D eigenvalue weighted by Gasteiger charge is 2.11. The van der Waals surface area contributed by atoms with Gasteiger partial charge in [-0.2, -0.15) is 0 Å². The monoisotopic (exact) mass is 316 g/mol. The molecule has 0 atom stereocenters. The third kappa shape index (κ3) is 3.12. The summed E-state index contributed by atoms with van der Waals surface area (Å²) in [5, 5.41) is 1.25. The lowest BCUT2D eigenvalue weighted by molar-refractivity contribution is 0.913. The normalized spacial score (nSPS) is 10.8. The van der Waals surface area contributed by atoms with Crippen LogP contribution in [0.3, 0.4) is 0 Å². The lowest BCUT2D eigenvalue weighted by Crippen LogP contribution is -2.02. The van der Waals surface area contributed by atoms with Gasteiger partial charge in [0.2, 0.25) is 0 Å². The third-order valence-electron chi connectivity index (χ3n) is 3.27. The standard InChI is InChI=1S/C17H14Cl2N2/c1-12-11-21(16-8-7-14(18)10-15(16)19)17(20-12)9-13-5-3-2-4-6-13/h2-8,10-11H,9H2,1H3. The molecule has 4 heteroatoms. The first kappa shape index (κ1) is 14.2. The molecule has 0 amide bonds. The maximum atomic E-state index is 6.32. The molecule has 0 fully saturated rings. The minimum atomic E-state index is 0.620. The molecule has 1 aromatic heterocycles. The van der Waals surface area contributed by atoms with E-state index in [0.29, 0.717) is 10.0 Å². The zero-order valence-corrected chi connectivity index (χ0v) is 13.1. The van der Waals surface area contributed by atoms with E-state index in [2.05, 4.69) is 17.1 Å². The lowest BCUT2D eigenvalue weighted by Gasteiger charge is -2.10. The first-order valence-electron chi connectivity index (χ1n) is 6.68. The van der Waals surface area contributed by atoms with Crippen LogP contribution in [0, 0.1) is 6.92 Å². The van der Waals surface area contributed by atoms with Crippen molar-refractivity contribution in [3.63, 3.8) is 0 Å². The molecule has 3 aromatic rings. The Morgan fingerprint density at radius 1 is 1.05 bits per heavy atom. The summed E-state index contributed by atoms with van der Waals surface area (Å²) in [6, 6.07) is 15.8. The molecule has 0 saturated carbocycles. The average Bonchev–Trinajstić information content (AvgIpc) is 2.80. The zero-order valence-electron chi connectivity index (χ0n) is 11.6. The maximum Gasteiger partial charge on any atom is 0.117 e. The number of nitrogens with zero attached hydrogens (tertiary/aromatic N) is 2. The summed E-state index contributed by atoms with van der Waals surface area (Å²) in [5.41, 5.74) is 3.08. The molecule has 0 aliphatic rings. The van der Waals surface area contributed by atoms with Crippen LogP contribution >= 0.6 is 23.2 Å². The van der Waals surface area contributed by atoms with E-state index in [9.17, 15) is 0 Å². The number of aromatic nitrogens is 2. The van der Waals surface area contributed by atoms with Crippen molar-refractivity contribution in [1.29, 1.82) is 0 Å². The fourth-order valence-corrected chi connectivity index (χ4v) is 2.84. The summed E-state index contributed by atoms with van der Waals surface area (Å²) in [5.74, 6) is 0.961. The van der Waals surface area contributed by atoms with Gasteiger partial charge in [0.15, 0.2) is 0 Å². The van der Waals surface area contributed by atoms with Crippen molar-refractivity contribution in [2.45, 2.75) is 13.3 Å². The number of aryl methyl sites for hydroxylation is 1. The molecule has 0 N–H and O–H groups in total. The van der Waals surface area contributed by atoms with Gasteiger partial charge in [-0.15, -0.1) is 0 Å². The number of hydrogen-bond acceptors (Lipinski definition) is 1. The first-order chi connectivity index (χ1) is 10.1. The van der Waals surface area contributed by atoms with Gasteiger partial charge in [-0.05, 0) is 30.7 Å². The van der Waals surface area contributed by atoms with Gasteiger partial charge < -0.3 is 4.57 Å². The maximum absolute atomic E-state index is 6.32. The molecule has 2 nitrogen and oxygen atoms in total. The molecule has 0 radical (unpaired) electrons. The molecule has 0 spiro atoms. The molecular weight excluding hydrogens is 303 g/mol. The van der Waals surface area contributed by atoms with Crippen LogP contribution in [0.5, 0.6) is 0 Å². The van der Waals surface area contributed by atoms with Crippen molar-refractivity contribution in [1.82, 2.24) is 9.55 Å². The average molecular weight is 317 g/mol. The van der Waals surface area contributed by atoms with Crippen molar-refractivity contribution in [3.8, 4) is 5.69 Å². The summed E-state index contributed by atoms with van der Waals surface area (Å²) in [7, 11) is 0. The number of imidazole rings is 1. The molecule has 106 valence electrons. The minimum Gasteiger partial charge on any atom is -0.302 e. The van der Waals surface area contributed by atoms with Crippen molar-refractivity contribution in [2.75, 3.05) is 0 Å². The zero-order chi connectivity index (χ0) is 14.8. The molecule has 0 bridgehead atoms. The Morgan fingerprint density at radius 2 is 1.81 bits per heavy atom. The van der Waals surface area contributed by atoms with Crippen LogP contribution in [-0.4, -0.2) is 9.55 Å². The molecule has 0 saturated heterocycles. The fraction of sp³-hybridized carbons (Fsp3) is 0.118. The summed E-state index contributed by atoms with van der Waals surface area (Å²) >= 11 is 12.3. The van der Waals surface area contributed by atoms with Gasteiger partial charge in [-0.1, -0.05) is 53.5 Å². The number of benzene rings is 2. The molecule has 21 heavy (non-hydrogen) atoms. The Hall–Kier alpha value is -1.77. The van der Waals surface area contributed by atoms with E-state index in [1.165, 1.54) is 5.56 Å². The van der Waals surface area contributed by atoms with Crippen LogP contribution in [0.4, 0.5) is 0 Å². The van der Waals surface area contributed by atoms with Crippen molar-refractivity contribution in [3.05, 3.63) is 81.9 Å². The summed E-state index contributed by atoms with van der Waals surface area (Å²) in [4.78, 5) is 4.62. The van der Waals surface area contributed by atoms with Crippen LogP contribution in [0.25, 0.3) is 5.69 Å². The van der Waals surface area contributed by atoms with Gasteiger partial charge >= 0.3 is 0 Å². The smallest absolute Gasteiger partial charge is 0.117 e. The largest absolute Gasteiger partial charge is 0.302 e. The van der Waals surface area contributed by atoms with Gasteiger partial charge in [0.25, 0.3) is 0 Å². The minimum absolute atomic E-state index is 0.620. The topological polar surface area (TPSA) is 17.8 Å². The third-order valence-corrected chi connectivity index (χ3v) is 3.81. The second-order valence-electron chi connectivity index (χ2n) is 4.93. The van der Waals surface area contributed by atoms with Crippen molar-refractivity contribution >= 4 is 23.2 Å². The Bertz CT molecular complexity index is 764. The van der Waals surface area contributed by atoms with Crippen molar-refractivity contribution in [2.24, 2.45) is 0 Å². The lowest BCUT2D eigenvalue weighted by atomic mass is 10.1. The quantitative estimate of drug-likeness (QED) is 0.659. The number of halogens is 2. The molecule has 3 rings (SSSR count). The van der Waals surface area contributed by atoms with Crippen molar-refractivity contribution < 1.29 is 0 Å². The molecular formula is C17H14Cl2N2. The highest BCUT2D eigenvalue weighted by molar-refractivity contribution is 6.35. The van der Waals surface area contributed by atoms with Gasteiger partial charge in [-0.25, -0.2) is 4.98 Å². The molecule has 1 heterocycles. The molecule has 0 unspecified atom stereocenters. The number of rotatable bonds is 3. The van der Waals surface area contributed by atoms with Crippen LogP contribution in [0.15, 0.2) is 54.7 Å². The van der Waals surface area contributed by atoms with Gasteiger partial charge in [0.05, 0.1) is 16.4 Å². The Balaban J connectivity index is 2.03. The summed E-state index contributed by atoms with van der Waals surface area (Å²) in [6.07, 6.45) is 2.75. The molecule has 0 aliphatic heterocycles. The second kappa shape index (κ2) is 5.92. The summed E-state index contributed by atoms with van der Waals surface area (Å²) < 4.78 is 2.03. The Labute approximate surface area is 134 Å². The van der Waals surface area contributed by atoms with Crippen LogP contribution < -0.4 is 0 Å². The predicted octanol–water partition coefficient (Wildman–Crippen LogP) is 5.08. The van der Waals surface area contributed by atoms with E-state index in [1.54, 1.807) is 6.07 Å². The Kier molecular flexibility index (Phi) is 4.00. The molecule has 0 aliphatic carbocycles. The predicted molar refractivity (Wildman–Crippen MR) is 87.6 cm³/mol. The fourth-order valence-electron chi connectivity index (χ4n) is 2.34. The summed E-state index contributed by atoms with van der Waals surface area (Å²) in [6.45, 7) is 1.98.